The third kappa shape index (κ3) is 4.36. The van der Waals surface area contributed by atoms with E-state index in [2.05, 4.69) is 31.7 Å². The van der Waals surface area contributed by atoms with Crippen LogP contribution in [0, 0.1) is 6.92 Å². The first kappa shape index (κ1) is 18.3. The molecule has 2 N–H and O–H groups in total. The molecule has 1 saturated heterocycles. The van der Waals surface area contributed by atoms with Crippen LogP contribution in [0.5, 0.6) is 0 Å². The summed E-state index contributed by atoms with van der Waals surface area (Å²) in [6, 6.07) is 7.45. The molecule has 32 heavy (non-hydrogen) atoms. The van der Waals surface area contributed by atoms with E-state index < -0.39 is 12.9 Å². The predicted octanol–water partition coefficient (Wildman–Crippen LogP) is 2.26. The lowest BCUT2D eigenvalue weighted by Gasteiger charge is -2.41. The molecule has 0 unspecified atom stereocenters. The van der Waals surface area contributed by atoms with Gasteiger partial charge in [-0.15, -0.1) is 0 Å². The second kappa shape index (κ2) is 9.08. The Bertz CT molecular complexity index is 1310. The van der Waals surface area contributed by atoms with Gasteiger partial charge in [0.25, 0.3) is 11.5 Å². The number of fused-ring (bicyclic) bond motifs is 1. The van der Waals surface area contributed by atoms with Crippen LogP contribution in [-0.2, 0) is 13.0 Å². The lowest BCUT2D eigenvalue weighted by Crippen LogP contribution is -2.51. The molecule has 8 heteroatoms. The monoisotopic (exact) mass is 437 g/mol. The molecule has 168 valence electrons. The summed E-state index contributed by atoms with van der Waals surface area (Å²) >= 11 is 0. The van der Waals surface area contributed by atoms with Gasteiger partial charge in [-0.05, 0) is 50.1 Å². The Kier molecular flexibility index (Phi) is 5.20. The number of anilines is 1. The summed E-state index contributed by atoms with van der Waals surface area (Å²) < 4.78 is 21.6. The van der Waals surface area contributed by atoms with Crippen molar-refractivity contribution >= 4 is 22.6 Å². The molecule has 0 aromatic carbocycles. The van der Waals surface area contributed by atoms with Gasteiger partial charge in [0.2, 0.25) is 0 Å². The molecular formula is C24H30N6O2. The van der Waals surface area contributed by atoms with Crippen LogP contribution in [0.3, 0.4) is 0 Å². The van der Waals surface area contributed by atoms with Crippen molar-refractivity contribution in [3.63, 3.8) is 0 Å². The molecule has 4 rings (SSSR count). The van der Waals surface area contributed by atoms with E-state index in [4.69, 9.17) is 4.11 Å². The van der Waals surface area contributed by atoms with Crippen molar-refractivity contribution in [1.29, 1.82) is 0 Å². The van der Waals surface area contributed by atoms with Gasteiger partial charge in [0.1, 0.15) is 5.69 Å². The molecule has 0 radical (unpaired) electrons. The molecule has 3 aromatic heterocycles. The second-order valence-corrected chi connectivity index (χ2v) is 8.29. The number of nitrogens with one attached hydrogen (secondary N) is 2. The number of aromatic nitrogens is 3. The van der Waals surface area contributed by atoms with E-state index >= 15 is 0 Å². The van der Waals surface area contributed by atoms with Gasteiger partial charge < -0.3 is 15.2 Å². The van der Waals surface area contributed by atoms with Crippen molar-refractivity contribution in [3.05, 3.63) is 63.3 Å². The van der Waals surface area contributed by atoms with E-state index in [1.807, 2.05) is 43.6 Å². The van der Waals surface area contributed by atoms with Crippen LogP contribution in [0.4, 0.5) is 5.69 Å². The van der Waals surface area contributed by atoms with E-state index in [-0.39, 0.29) is 17.3 Å². The molecule has 3 aromatic rings. The highest BCUT2D eigenvalue weighted by atomic mass is 16.1. The molecular weight excluding hydrogens is 404 g/mol. The highest BCUT2D eigenvalue weighted by Gasteiger charge is 2.25. The predicted molar refractivity (Wildman–Crippen MR) is 126 cm³/mol. The van der Waals surface area contributed by atoms with Gasteiger partial charge in [-0.1, -0.05) is 6.92 Å². The summed E-state index contributed by atoms with van der Waals surface area (Å²) in [7, 11) is 0. The largest absolute Gasteiger partial charge is 0.365 e. The third-order valence-corrected chi connectivity index (χ3v) is 6.04. The van der Waals surface area contributed by atoms with Gasteiger partial charge in [-0.25, -0.2) is 4.98 Å². The average molecular weight is 438 g/mol. The number of hydrogen-bond acceptors (Lipinski definition) is 6. The summed E-state index contributed by atoms with van der Waals surface area (Å²) in [5.41, 5.74) is 4.95. The maximum atomic E-state index is 12.2. The highest BCUT2D eigenvalue weighted by Crippen LogP contribution is 2.24. The van der Waals surface area contributed by atoms with Gasteiger partial charge in [0.15, 0.2) is 0 Å². The molecule has 0 aliphatic carbocycles. The van der Waals surface area contributed by atoms with Crippen LogP contribution in [0.1, 0.15) is 45.3 Å². The first-order valence-corrected chi connectivity index (χ1v) is 10.8. The van der Waals surface area contributed by atoms with E-state index in [1.54, 1.807) is 6.07 Å². The highest BCUT2D eigenvalue weighted by molar-refractivity contribution is 5.92. The van der Waals surface area contributed by atoms with Crippen LogP contribution in [0.15, 0.2) is 35.3 Å². The average Bonchev–Trinajstić information content (AvgIpc) is 2.78. The molecule has 0 spiro atoms. The van der Waals surface area contributed by atoms with Crippen molar-refractivity contribution in [1.82, 2.24) is 25.2 Å². The molecule has 4 heterocycles. The normalized spacial score (nSPS) is 18.8. The molecule has 1 amide bonds. The first-order chi connectivity index (χ1) is 16.5. The van der Waals surface area contributed by atoms with Crippen LogP contribution in [-0.4, -0.2) is 58.4 Å². The van der Waals surface area contributed by atoms with E-state index in [0.29, 0.717) is 12.1 Å². The van der Waals surface area contributed by atoms with Crippen LogP contribution < -0.4 is 15.8 Å². The van der Waals surface area contributed by atoms with Crippen LogP contribution in [0.2, 0.25) is 0 Å². The van der Waals surface area contributed by atoms with E-state index in [1.165, 1.54) is 0 Å². The smallest absolute Gasteiger partial charge is 0.269 e. The quantitative estimate of drug-likeness (QED) is 0.636. The minimum Gasteiger partial charge on any atom is -0.365 e. The van der Waals surface area contributed by atoms with Crippen LogP contribution in [0.25, 0.3) is 11.0 Å². The number of pyridine rings is 3. The molecule has 1 atom stereocenters. The zero-order valence-corrected chi connectivity index (χ0v) is 18.6. The summed E-state index contributed by atoms with van der Waals surface area (Å²) in [4.78, 5) is 40.8. The van der Waals surface area contributed by atoms with E-state index in [0.717, 1.165) is 54.0 Å². The lowest BCUT2D eigenvalue weighted by atomic mass is 10.1. The fourth-order valence-electron chi connectivity index (χ4n) is 4.36. The van der Waals surface area contributed by atoms with Crippen molar-refractivity contribution in [2.75, 3.05) is 31.5 Å². The Balaban J connectivity index is 1.43. The zero-order valence-electron chi connectivity index (χ0n) is 21.6. The van der Waals surface area contributed by atoms with Crippen molar-refractivity contribution in [3.8, 4) is 0 Å². The molecule has 1 aliphatic heterocycles. The second-order valence-electron chi connectivity index (χ2n) is 8.29. The number of carbonyl (C=O) groups is 1. The Hall–Kier alpha value is -3.26. The van der Waals surface area contributed by atoms with Crippen LogP contribution >= 0.6 is 0 Å². The Morgan fingerprint density at radius 3 is 2.91 bits per heavy atom. The van der Waals surface area contributed by atoms with Gasteiger partial charge in [-0.2, -0.15) is 0 Å². The topological polar surface area (TPSA) is 94.2 Å². The van der Waals surface area contributed by atoms with Crippen molar-refractivity contribution in [2.45, 2.75) is 39.8 Å². The number of aromatic amines is 1. The minimum atomic E-state index is -2.55. The lowest BCUT2D eigenvalue weighted by molar-refractivity contribution is 0.0958. The number of rotatable bonds is 5. The molecule has 1 aliphatic rings. The minimum absolute atomic E-state index is 0.0629. The standard InChI is InChI=1S/C24H30N6O2/c1-5-18-11-20-21(28-23(18)31)10-17(12-26-20)14-29-8-9-30(15(2)13-29)22-7-6-19(24(32)25-4)27-16(22)3/h6-7,10-12,15H,5,8-9,13-14H2,1-4H3,(H,25,32)(H,28,31)/t15-/m0/s1/i4D3. The summed E-state index contributed by atoms with van der Waals surface area (Å²) in [5, 5.41) is 1.97. The number of piperazine rings is 1. The Labute approximate surface area is 191 Å². The van der Waals surface area contributed by atoms with Gasteiger partial charge in [0, 0.05) is 55.1 Å². The zero-order chi connectivity index (χ0) is 25.3. The number of amides is 1. The maximum absolute atomic E-state index is 12.2. The maximum Gasteiger partial charge on any atom is 0.269 e. The summed E-state index contributed by atoms with van der Waals surface area (Å²) in [6.07, 6.45) is 2.54. The number of nitrogens with zero attached hydrogens (tertiary/aromatic N) is 4. The molecule has 8 nitrogen and oxygen atoms in total. The summed E-state index contributed by atoms with van der Waals surface area (Å²) in [5.74, 6) is -0.714. The first-order valence-electron chi connectivity index (χ1n) is 12.3. The number of carbonyl (C=O) groups excluding carboxylic acids is 1. The molecule has 0 saturated carbocycles. The number of hydrogen-bond donors (Lipinski definition) is 2. The summed E-state index contributed by atoms with van der Waals surface area (Å²) in [6.45, 7) is 6.53. The SMILES string of the molecule is [2H]C([2H])([2H])NC(=O)c1ccc(N2CCN(Cc3cnc4cc(CC)c(=O)[nH]c4c3)C[C@@H]2C)c(C)n1. The molecule has 0 bridgehead atoms. The third-order valence-electron chi connectivity index (χ3n) is 6.04. The van der Waals surface area contributed by atoms with Crippen molar-refractivity contribution in [2.24, 2.45) is 0 Å². The number of H-pyrrole nitrogens is 1. The molecule has 1 fully saturated rings. The Morgan fingerprint density at radius 2 is 2.19 bits per heavy atom. The van der Waals surface area contributed by atoms with Crippen molar-refractivity contribution < 1.29 is 8.91 Å². The fraction of sp³-hybridized carbons (Fsp3) is 0.417. The number of aryl methyl sites for hydroxylation is 2. The van der Waals surface area contributed by atoms with Gasteiger partial charge in [-0.3, -0.25) is 19.5 Å². The van der Waals surface area contributed by atoms with E-state index in [9.17, 15) is 9.59 Å². The van der Waals surface area contributed by atoms with Gasteiger partial charge in [0.05, 0.1) is 22.4 Å². The fourth-order valence-corrected chi connectivity index (χ4v) is 4.36. The Morgan fingerprint density at radius 1 is 1.34 bits per heavy atom. The van der Waals surface area contributed by atoms with Gasteiger partial charge >= 0.3 is 0 Å².